The normalized spacial score (nSPS) is 18.6. The summed E-state index contributed by atoms with van der Waals surface area (Å²) >= 11 is 3.19. The van der Waals surface area contributed by atoms with Gasteiger partial charge in [-0.25, -0.2) is 4.98 Å². The molecule has 0 bridgehead atoms. The van der Waals surface area contributed by atoms with Gasteiger partial charge in [0.15, 0.2) is 0 Å². The summed E-state index contributed by atoms with van der Waals surface area (Å²) in [5.74, 6) is 0.500. The lowest BCUT2D eigenvalue weighted by Crippen LogP contribution is -2.39. The molecule has 2 rings (SSSR count). The van der Waals surface area contributed by atoms with Crippen LogP contribution in [0.1, 0.15) is 25.7 Å². The molecule has 0 spiro atoms. The lowest BCUT2D eigenvalue weighted by molar-refractivity contribution is 0.213. The third kappa shape index (κ3) is 2.12. The second kappa shape index (κ2) is 4.55. The Morgan fingerprint density at radius 3 is 2.88 bits per heavy atom. The van der Waals surface area contributed by atoms with Gasteiger partial charge in [-0.3, -0.25) is 4.79 Å². The second-order valence-corrected chi connectivity index (χ2v) is 4.96. The summed E-state index contributed by atoms with van der Waals surface area (Å²) in [6, 6.07) is 0. The zero-order chi connectivity index (χ0) is 11.6. The lowest BCUT2D eigenvalue weighted by Gasteiger charge is -2.28. The Labute approximate surface area is 101 Å². The van der Waals surface area contributed by atoms with Gasteiger partial charge >= 0.3 is 0 Å². The average Bonchev–Trinajstić information content (AvgIpc) is 2.74. The lowest BCUT2D eigenvalue weighted by atomic mass is 9.99. The molecule has 0 saturated heterocycles. The van der Waals surface area contributed by atoms with Crippen molar-refractivity contribution in [2.75, 3.05) is 11.9 Å². The van der Waals surface area contributed by atoms with Crippen molar-refractivity contribution in [3.8, 4) is 0 Å². The van der Waals surface area contributed by atoms with Crippen molar-refractivity contribution in [1.82, 2.24) is 9.97 Å². The molecule has 1 aromatic rings. The molecule has 1 saturated carbocycles. The van der Waals surface area contributed by atoms with Gasteiger partial charge in [0, 0.05) is 0 Å². The minimum absolute atomic E-state index is 0.0634. The van der Waals surface area contributed by atoms with E-state index in [1.54, 1.807) is 0 Å². The summed E-state index contributed by atoms with van der Waals surface area (Å²) in [5.41, 5.74) is -0.535. The molecule has 0 aliphatic heterocycles. The zero-order valence-electron chi connectivity index (χ0n) is 8.79. The number of nitrogens with one attached hydrogen (secondary N) is 2. The van der Waals surface area contributed by atoms with Crippen LogP contribution < -0.4 is 10.9 Å². The SMILES string of the molecule is O=c1[nH]cnc(NC2(CO)CCCC2)c1Br. The standard InChI is InChI=1S/C10H14BrN3O2/c11-7-8(12-6-13-9(7)16)14-10(5-15)3-1-2-4-10/h6,15H,1-5H2,(H2,12,13,14,16). The number of aromatic amines is 1. The summed E-state index contributed by atoms with van der Waals surface area (Å²) in [4.78, 5) is 17.9. The number of halogens is 1. The molecule has 6 heteroatoms. The van der Waals surface area contributed by atoms with Gasteiger partial charge in [-0.05, 0) is 28.8 Å². The quantitative estimate of drug-likeness (QED) is 0.782. The van der Waals surface area contributed by atoms with Gasteiger partial charge in [0.05, 0.1) is 18.5 Å². The van der Waals surface area contributed by atoms with Gasteiger partial charge in [0.1, 0.15) is 10.3 Å². The summed E-state index contributed by atoms with van der Waals surface area (Å²) in [7, 11) is 0. The van der Waals surface area contributed by atoms with Gasteiger partial charge in [-0.15, -0.1) is 0 Å². The maximum Gasteiger partial charge on any atom is 0.267 e. The van der Waals surface area contributed by atoms with Crippen molar-refractivity contribution < 1.29 is 5.11 Å². The Hall–Kier alpha value is -0.880. The smallest absolute Gasteiger partial charge is 0.267 e. The first-order valence-electron chi connectivity index (χ1n) is 5.29. The second-order valence-electron chi connectivity index (χ2n) is 4.16. The Morgan fingerprint density at radius 1 is 1.56 bits per heavy atom. The van der Waals surface area contributed by atoms with Crippen LogP contribution in [0.4, 0.5) is 5.82 Å². The van der Waals surface area contributed by atoms with Crippen LogP contribution in [0.3, 0.4) is 0 Å². The molecule has 0 amide bonds. The maximum atomic E-state index is 11.4. The first-order valence-corrected chi connectivity index (χ1v) is 6.08. The molecular formula is C10H14BrN3O2. The van der Waals surface area contributed by atoms with Crippen LogP contribution in [-0.4, -0.2) is 27.2 Å². The van der Waals surface area contributed by atoms with Crippen LogP contribution in [-0.2, 0) is 0 Å². The number of rotatable bonds is 3. The van der Waals surface area contributed by atoms with Crippen LogP contribution >= 0.6 is 15.9 Å². The van der Waals surface area contributed by atoms with Gasteiger partial charge in [-0.1, -0.05) is 12.8 Å². The fourth-order valence-corrected chi connectivity index (χ4v) is 2.41. The predicted molar refractivity (Wildman–Crippen MR) is 64.5 cm³/mol. The number of aromatic nitrogens is 2. The molecule has 88 valence electrons. The monoisotopic (exact) mass is 287 g/mol. The number of H-pyrrole nitrogens is 1. The molecule has 1 aromatic heterocycles. The van der Waals surface area contributed by atoms with Gasteiger partial charge in [-0.2, -0.15) is 0 Å². The van der Waals surface area contributed by atoms with Crippen LogP contribution in [0, 0.1) is 0 Å². The molecule has 5 nitrogen and oxygen atoms in total. The highest BCUT2D eigenvalue weighted by atomic mass is 79.9. The zero-order valence-corrected chi connectivity index (χ0v) is 10.4. The van der Waals surface area contributed by atoms with Crippen LogP contribution in [0.2, 0.25) is 0 Å². The summed E-state index contributed by atoms with van der Waals surface area (Å²) in [5, 5.41) is 12.6. The molecule has 0 aromatic carbocycles. The number of aliphatic hydroxyl groups excluding tert-OH is 1. The van der Waals surface area contributed by atoms with Crippen molar-refractivity contribution in [2.24, 2.45) is 0 Å². The third-order valence-corrected chi connectivity index (χ3v) is 3.78. The molecule has 16 heavy (non-hydrogen) atoms. The molecule has 0 unspecified atom stereocenters. The van der Waals surface area contributed by atoms with E-state index >= 15 is 0 Å². The number of nitrogens with zero attached hydrogens (tertiary/aromatic N) is 1. The van der Waals surface area contributed by atoms with Crippen molar-refractivity contribution in [2.45, 2.75) is 31.2 Å². The van der Waals surface area contributed by atoms with Gasteiger partial charge in [0.25, 0.3) is 5.56 Å². The average molecular weight is 288 g/mol. The molecule has 1 aliphatic carbocycles. The Bertz CT molecular complexity index is 426. The fraction of sp³-hybridized carbons (Fsp3) is 0.600. The summed E-state index contributed by atoms with van der Waals surface area (Å²) in [6.07, 6.45) is 5.35. The highest BCUT2D eigenvalue weighted by Crippen LogP contribution is 2.33. The minimum Gasteiger partial charge on any atom is -0.394 e. The summed E-state index contributed by atoms with van der Waals surface area (Å²) < 4.78 is 0.384. The number of aliphatic hydroxyl groups is 1. The van der Waals surface area contributed by atoms with E-state index in [9.17, 15) is 9.90 Å². The maximum absolute atomic E-state index is 11.4. The van der Waals surface area contributed by atoms with E-state index in [2.05, 4.69) is 31.2 Å². The molecule has 1 heterocycles. The topological polar surface area (TPSA) is 78.0 Å². The fourth-order valence-electron chi connectivity index (χ4n) is 2.10. The molecule has 1 fully saturated rings. The van der Waals surface area contributed by atoms with Crippen LogP contribution in [0.5, 0.6) is 0 Å². The van der Waals surface area contributed by atoms with Crippen molar-refractivity contribution in [3.05, 3.63) is 21.2 Å². The minimum atomic E-state index is -0.316. The van der Waals surface area contributed by atoms with Gasteiger partial charge < -0.3 is 15.4 Å². The van der Waals surface area contributed by atoms with E-state index in [1.807, 2.05) is 0 Å². The highest BCUT2D eigenvalue weighted by Gasteiger charge is 2.33. The predicted octanol–water partition coefficient (Wildman–Crippen LogP) is 1.25. The Balaban J connectivity index is 2.26. The molecular weight excluding hydrogens is 274 g/mol. The number of hydrogen-bond acceptors (Lipinski definition) is 4. The van der Waals surface area contributed by atoms with Crippen LogP contribution in [0.15, 0.2) is 15.6 Å². The highest BCUT2D eigenvalue weighted by molar-refractivity contribution is 9.10. The van der Waals surface area contributed by atoms with E-state index in [0.29, 0.717) is 10.3 Å². The first-order chi connectivity index (χ1) is 7.67. The van der Waals surface area contributed by atoms with Crippen molar-refractivity contribution in [3.63, 3.8) is 0 Å². The number of hydrogen-bond donors (Lipinski definition) is 3. The number of anilines is 1. The van der Waals surface area contributed by atoms with E-state index in [4.69, 9.17) is 0 Å². The van der Waals surface area contributed by atoms with Crippen molar-refractivity contribution >= 4 is 21.7 Å². The van der Waals surface area contributed by atoms with E-state index in [1.165, 1.54) is 6.33 Å². The first kappa shape index (κ1) is 11.6. The van der Waals surface area contributed by atoms with Gasteiger partial charge in [0.2, 0.25) is 0 Å². The third-order valence-electron chi connectivity index (χ3n) is 3.04. The summed E-state index contributed by atoms with van der Waals surface area (Å²) in [6.45, 7) is 0.0634. The Morgan fingerprint density at radius 2 is 2.25 bits per heavy atom. The molecule has 3 N–H and O–H groups in total. The molecule has 0 atom stereocenters. The van der Waals surface area contributed by atoms with Crippen LogP contribution in [0.25, 0.3) is 0 Å². The van der Waals surface area contributed by atoms with Crippen molar-refractivity contribution in [1.29, 1.82) is 0 Å². The van der Waals surface area contributed by atoms with E-state index in [-0.39, 0.29) is 17.7 Å². The van der Waals surface area contributed by atoms with E-state index < -0.39 is 0 Å². The largest absolute Gasteiger partial charge is 0.394 e. The molecule has 1 aliphatic rings. The van der Waals surface area contributed by atoms with E-state index in [0.717, 1.165) is 25.7 Å². The Kier molecular flexibility index (Phi) is 3.30. The molecule has 0 radical (unpaired) electrons.